The molecule has 0 aliphatic heterocycles. The van der Waals surface area contributed by atoms with Crippen molar-refractivity contribution in [3.8, 4) is 0 Å². The Kier molecular flexibility index (Phi) is 10.4. The number of hydrogen-bond acceptors (Lipinski definition) is 4. The van der Waals surface area contributed by atoms with Gasteiger partial charge in [-0.2, -0.15) is 13.2 Å². The average molecular weight is 630 g/mol. The number of amides is 2. The molecular weight excluding hydrogens is 591 g/mol. The summed E-state index contributed by atoms with van der Waals surface area (Å²) in [5.41, 5.74) is 1.13. The van der Waals surface area contributed by atoms with Gasteiger partial charge in [-0.3, -0.25) is 13.9 Å². The quantitative estimate of drug-likeness (QED) is 0.282. The van der Waals surface area contributed by atoms with Gasteiger partial charge < -0.3 is 10.2 Å². The first-order chi connectivity index (χ1) is 20.8. The van der Waals surface area contributed by atoms with Crippen LogP contribution in [0.15, 0.2) is 77.7 Å². The molecular formula is C33H38F3N3O4S. The van der Waals surface area contributed by atoms with Crippen LogP contribution in [0.1, 0.15) is 61.3 Å². The van der Waals surface area contributed by atoms with Crippen LogP contribution in [0.4, 0.5) is 18.9 Å². The van der Waals surface area contributed by atoms with Crippen LogP contribution in [0, 0.1) is 13.8 Å². The van der Waals surface area contributed by atoms with E-state index in [2.05, 4.69) is 5.32 Å². The maximum Gasteiger partial charge on any atom is 0.416 e. The molecule has 11 heteroatoms. The molecule has 0 radical (unpaired) electrons. The first-order valence-electron chi connectivity index (χ1n) is 14.7. The smallest absolute Gasteiger partial charge is 0.352 e. The summed E-state index contributed by atoms with van der Waals surface area (Å²) in [5, 5.41) is 3.03. The molecule has 1 aliphatic rings. The van der Waals surface area contributed by atoms with Crippen molar-refractivity contribution in [2.75, 3.05) is 10.8 Å². The Morgan fingerprint density at radius 2 is 1.50 bits per heavy atom. The number of carbonyl (C=O) groups is 2. The van der Waals surface area contributed by atoms with Crippen molar-refractivity contribution in [2.45, 2.75) is 82.6 Å². The van der Waals surface area contributed by atoms with E-state index in [-0.39, 0.29) is 29.1 Å². The lowest BCUT2D eigenvalue weighted by molar-refractivity contribution is -0.139. The highest BCUT2D eigenvalue weighted by Crippen LogP contribution is 2.33. The lowest BCUT2D eigenvalue weighted by atomic mass is 9.95. The molecule has 3 aromatic rings. The van der Waals surface area contributed by atoms with Crippen LogP contribution >= 0.6 is 0 Å². The van der Waals surface area contributed by atoms with Gasteiger partial charge in [-0.15, -0.1) is 0 Å². The van der Waals surface area contributed by atoms with Gasteiger partial charge in [0.25, 0.3) is 10.0 Å². The van der Waals surface area contributed by atoms with Crippen molar-refractivity contribution in [1.82, 2.24) is 10.2 Å². The van der Waals surface area contributed by atoms with Gasteiger partial charge in [0, 0.05) is 12.6 Å². The van der Waals surface area contributed by atoms with Gasteiger partial charge in [-0.05, 0) is 69.5 Å². The van der Waals surface area contributed by atoms with Crippen LogP contribution in [-0.4, -0.2) is 43.8 Å². The third kappa shape index (κ3) is 8.19. The SMILES string of the molecule is Cc1ccc(CN(C(=O)CN(c2cccc(C(F)(F)F)c2)S(=O)(=O)c2ccc(C)cc2)[C@H](C)C(=O)NC2CCCCC2)cc1. The van der Waals surface area contributed by atoms with Crippen molar-refractivity contribution < 1.29 is 31.2 Å². The number of nitrogens with one attached hydrogen (secondary N) is 1. The molecule has 0 spiro atoms. The topological polar surface area (TPSA) is 86.8 Å². The van der Waals surface area contributed by atoms with E-state index in [4.69, 9.17) is 0 Å². The van der Waals surface area contributed by atoms with E-state index in [1.807, 2.05) is 31.2 Å². The number of anilines is 1. The summed E-state index contributed by atoms with van der Waals surface area (Å²) in [7, 11) is -4.49. The molecule has 4 rings (SSSR count). The number of hydrogen-bond donors (Lipinski definition) is 1. The number of benzene rings is 3. The molecule has 1 N–H and O–H groups in total. The lowest BCUT2D eigenvalue weighted by Gasteiger charge is -2.33. The second kappa shape index (κ2) is 13.8. The summed E-state index contributed by atoms with van der Waals surface area (Å²) >= 11 is 0. The number of halogens is 3. The van der Waals surface area contributed by atoms with Gasteiger partial charge in [0.15, 0.2) is 0 Å². The van der Waals surface area contributed by atoms with Crippen LogP contribution in [-0.2, 0) is 32.3 Å². The zero-order valence-corrected chi connectivity index (χ0v) is 25.9. The Balaban J connectivity index is 1.72. The van der Waals surface area contributed by atoms with E-state index < -0.39 is 40.3 Å². The monoisotopic (exact) mass is 629 g/mol. The number of rotatable bonds is 10. The van der Waals surface area contributed by atoms with Gasteiger partial charge in [0.1, 0.15) is 12.6 Å². The van der Waals surface area contributed by atoms with Crippen molar-refractivity contribution in [1.29, 1.82) is 0 Å². The molecule has 1 fully saturated rings. The number of carbonyl (C=O) groups excluding carboxylic acids is 2. The molecule has 0 saturated heterocycles. The predicted molar refractivity (Wildman–Crippen MR) is 163 cm³/mol. The van der Waals surface area contributed by atoms with Gasteiger partial charge in [-0.1, -0.05) is 72.9 Å². The molecule has 236 valence electrons. The molecule has 0 unspecified atom stereocenters. The fraction of sp³-hybridized carbons (Fsp3) is 0.394. The zero-order valence-electron chi connectivity index (χ0n) is 25.1. The fourth-order valence-electron chi connectivity index (χ4n) is 5.25. The summed E-state index contributed by atoms with van der Waals surface area (Å²) in [5.74, 6) is -1.10. The Bertz CT molecular complexity index is 1550. The van der Waals surface area contributed by atoms with Crippen molar-refractivity contribution in [3.05, 3.63) is 95.1 Å². The minimum atomic E-state index is -4.73. The molecule has 0 heterocycles. The first kappa shape index (κ1) is 33.0. The Morgan fingerprint density at radius 3 is 2.09 bits per heavy atom. The summed E-state index contributed by atoms with van der Waals surface area (Å²) < 4.78 is 69.5. The highest BCUT2D eigenvalue weighted by atomic mass is 32.2. The van der Waals surface area contributed by atoms with Crippen LogP contribution in [0.5, 0.6) is 0 Å². The fourth-order valence-corrected chi connectivity index (χ4v) is 6.65. The largest absolute Gasteiger partial charge is 0.416 e. The summed E-state index contributed by atoms with van der Waals surface area (Å²) in [6, 6.07) is 16.1. The minimum absolute atomic E-state index is 0.000618. The average Bonchev–Trinajstić information content (AvgIpc) is 2.99. The first-order valence-corrected chi connectivity index (χ1v) is 16.1. The lowest BCUT2D eigenvalue weighted by Crippen LogP contribution is -2.53. The summed E-state index contributed by atoms with van der Waals surface area (Å²) in [6.45, 7) is 4.44. The zero-order chi connectivity index (χ0) is 32.1. The highest BCUT2D eigenvalue weighted by Gasteiger charge is 2.35. The van der Waals surface area contributed by atoms with Crippen LogP contribution in [0.25, 0.3) is 0 Å². The van der Waals surface area contributed by atoms with E-state index in [9.17, 15) is 31.2 Å². The molecule has 1 atom stereocenters. The number of aryl methyl sites for hydroxylation is 2. The Morgan fingerprint density at radius 1 is 0.909 bits per heavy atom. The van der Waals surface area contributed by atoms with Gasteiger partial charge in [0.2, 0.25) is 11.8 Å². The van der Waals surface area contributed by atoms with Crippen LogP contribution in [0.2, 0.25) is 0 Å². The van der Waals surface area contributed by atoms with Crippen molar-refractivity contribution in [2.24, 2.45) is 0 Å². The molecule has 2 amide bonds. The number of sulfonamides is 1. The second-order valence-electron chi connectivity index (χ2n) is 11.4. The Hall–Kier alpha value is -3.86. The van der Waals surface area contributed by atoms with E-state index in [1.165, 1.54) is 23.1 Å². The standard InChI is InChI=1S/C33H38F3N3O4S/c1-23-12-16-26(17-13-23)21-38(25(3)32(41)37-28-9-5-4-6-10-28)31(40)22-39(29-11-7-8-27(20-29)33(34,35)36)44(42,43)30-18-14-24(2)15-19-30/h7-8,11-20,25,28H,4-6,9-10,21-22H2,1-3H3,(H,37,41)/t25-/m1/s1. The molecule has 0 bridgehead atoms. The molecule has 7 nitrogen and oxygen atoms in total. The van der Waals surface area contributed by atoms with E-state index in [0.29, 0.717) is 15.9 Å². The van der Waals surface area contributed by atoms with Gasteiger partial charge in [-0.25, -0.2) is 8.42 Å². The minimum Gasteiger partial charge on any atom is -0.352 e. The maximum atomic E-state index is 14.1. The normalized spacial score (nSPS) is 15.0. The Labute approximate surface area is 257 Å². The molecule has 1 saturated carbocycles. The van der Waals surface area contributed by atoms with Crippen molar-refractivity contribution >= 4 is 27.5 Å². The van der Waals surface area contributed by atoms with E-state index >= 15 is 0 Å². The van der Waals surface area contributed by atoms with Crippen LogP contribution in [0.3, 0.4) is 0 Å². The molecule has 44 heavy (non-hydrogen) atoms. The second-order valence-corrected chi connectivity index (χ2v) is 13.3. The third-order valence-corrected chi connectivity index (χ3v) is 9.73. The van der Waals surface area contributed by atoms with Crippen molar-refractivity contribution in [3.63, 3.8) is 0 Å². The number of nitrogens with zero attached hydrogens (tertiary/aromatic N) is 2. The summed E-state index contributed by atoms with van der Waals surface area (Å²) in [6.07, 6.45) is 0.0244. The molecule has 0 aromatic heterocycles. The third-order valence-electron chi connectivity index (χ3n) is 7.94. The number of alkyl halides is 3. The van der Waals surface area contributed by atoms with Crippen LogP contribution < -0.4 is 9.62 Å². The highest BCUT2D eigenvalue weighted by molar-refractivity contribution is 7.92. The maximum absolute atomic E-state index is 14.1. The van der Waals surface area contributed by atoms with E-state index in [1.54, 1.807) is 26.0 Å². The van der Waals surface area contributed by atoms with Gasteiger partial charge in [0.05, 0.1) is 16.1 Å². The predicted octanol–water partition coefficient (Wildman–Crippen LogP) is 6.38. The van der Waals surface area contributed by atoms with E-state index in [0.717, 1.165) is 55.4 Å². The van der Waals surface area contributed by atoms with Gasteiger partial charge >= 0.3 is 6.18 Å². The molecule has 1 aliphatic carbocycles. The summed E-state index contributed by atoms with van der Waals surface area (Å²) in [4.78, 5) is 28.6. The molecule has 3 aromatic carbocycles.